The highest BCUT2D eigenvalue weighted by atomic mass is 32.1. The molecule has 4 rings (SSSR count). The van der Waals surface area contributed by atoms with Gasteiger partial charge in [0.05, 0.1) is 6.54 Å². The fourth-order valence-corrected chi connectivity index (χ4v) is 3.50. The predicted molar refractivity (Wildman–Crippen MR) is 82.4 cm³/mol. The van der Waals surface area contributed by atoms with Gasteiger partial charge in [-0.3, -0.25) is 0 Å². The van der Waals surface area contributed by atoms with Crippen molar-refractivity contribution < 1.29 is 0 Å². The van der Waals surface area contributed by atoms with E-state index in [-0.39, 0.29) is 0 Å². The van der Waals surface area contributed by atoms with Crippen molar-refractivity contribution >= 4 is 28.3 Å². The molecule has 0 radical (unpaired) electrons. The number of nitrogens with zero attached hydrogens (tertiary/aromatic N) is 5. The lowest BCUT2D eigenvalue weighted by Crippen LogP contribution is -2.16. The van der Waals surface area contributed by atoms with Crippen LogP contribution in [0.2, 0.25) is 0 Å². The number of fused-ring (bicyclic) bond motifs is 1. The summed E-state index contributed by atoms with van der Waals surface area (Å²) < 4.78 is 1.84. The molecule has 6 nitrogen and oxygen atoms in total. The summed E-state index contributed by atoms with van der Waals surface area (Å²) in [6.45, 7) is 0.702. The molecule has 1 saturated carbocycles. The highest BCUT2D eigenvalue weighted by molar-refractivity contribution is 7.09. The van der Waals surface area contributed by atoms with E-state index in [9.17, 15) is 0 Å². The third-order valence-corrected chi connectivity index (χ3v) is 4.74. The Morgan fingerprint density at radius 3 is 3.00 bits per heavy atom. The first kappa shape index (κ1) is 12.7. The SMILES string of the molecule is c1csc(Cn2nnc3c(NC4CCCC4)ncnc32)c1. The van der Waals surface area contributed by atoms with Crippen LogP contribution in [0.4, 0.5) is 5.82 Å². The minimum absolute atomic E-state index is 0.505. The average Bonchev–Trinajstić information content (AvgIpc) is 3.22. The fraction of sp³-hybridized carbons (Fsp3) is 0.429. The van der Waals surface area contributed by atoms with Gasteiger partial charge in [-0.25, -0.2) is 14.6 Å². The molecule has 0 saturated heterocycles. The Morgan fingerprint density at radius 1 is 1.29 bits per heavy atom. The molecule has 3 heterocycles. The molecule has 0 unspecified atom stereocenters. The first-order valence-corrected chi connectivity index (χ1v) is 8.11. The van der Waals surface area contributed by atoms with Crippen molar-refractivity contribution in [3.63, 3.8) is 0 Å². The average molecular weight is 300 g/mol. The van der Waals surface area contributed by atoms with Crippen molar-refractivity contribution in [1.82, 2.24) is 25.0 Å². The highest BCUT2D eigenvalue weighted by Gasteiger charge is 2.18. The molecule has 0 aromatic carbocycles. The maximum absolute atomic E-state index is 4.35. The summed E-state index contributed by atoms with van der Waals surface area (Å²) in [6.07, 6.45) is 6.57. The van der Waals surface area contributed by atoms with Crippen LogP contribution in [0.15, 0.2) is 23.8 Å². The minimum atomic E-state index is 0.505. The summed E-state index contributed by atoms with van der Waals surface area (Å²) in [5.74, 6) is 0.810. The smallest absolute Gasteiger partial charge is 0.184 e. The van der Waals surface area contributed by atoms with Gasteiger partial charge < -0.3 is 5.32 Å². The van der Waals surface area contributed by atoms with E-state index in [2.05, 4.69) is 37.0 Å². The van der Waals surface area contributed by atoms with Gasteiger partial charge in [-0.15, -0.1) is 16.4 Å². The number of anilines is 1. The molecule has 3 aromatic heterocycles. The van der Waals surface area contributed by atoms with Gasteiger partial charge in [-0.2, -0.15) is 0 Å². The van der Waals surface area contributed by atoms with Crippen LogP contribution in [0.25, 0.3) is 11.2 Å². The monoisotopic (exact) mass is 300 g/mol. The number of aromatic nitrogens is 5. The molecule has 7 heteroatoms. The van der Waals surface area contributed by atoms with E-state index in [0.717, 1.165) is 17.0 Å². The van der Waals surface area contributed by atoms with Crippen molar-refractivity contribution in [3.8, 4) is 0 Å². The van der Waals surface area contributed by atoms with Crippen LogP contribution in [-0.2, 0) is 6.54 Å². The fourth-order valence-electron chi connectivity index (χ4n) is 2.82. The molecule has 0 aliphatic heterocycles. The molecule has 3 aromatic rings. The second kappa shape index (κ2) is 5.40. The summed E-state index contributed by atoms with van der Waals surface area (Å²) in [6, 6.07) is 4.64. The van der Waals surface area contributed by atoms with E-state index in [1.165, 1.54) is 30.6 Å². The molecule has 0 atom stereocenters. The highest BCUT2D eigenvalue weighted by Crippen LogP contribution is 2.24. The lowest BCUT2D eigenvalue weighted by Gasteiger charge is -2.12. The summed E-state index contributed by atoms with van der Waals surface area (Å²) in [7, 11) is 0. The van der Waals surface area contributed by atoms with Crippen LogP contribution < -0.4 is 5.32 Å². The molecule has 108 valence electrons. The Bertz CT molecular complexity index is 729. The molecule has 0 amide bonds. The van der Waals surface area contributed by atoms with E-state index in [0.29, 0.717) is 12.6 Å². The Morgan fingerprint density at radius 2 is 2.19 bits per heavy atom. The number of rotatable bonds is 4. The van der Waals surface area contributed by atoms with E-state index in [4.69, 9.17) is 0 Å². The maximum Gasteiger partial charge on any atom is 0.184 e. The minimum Gasteiger partial charge on any atom is -0.365 e. The summed E-state index contributed by atoms with van der Waals surface area (Å²) in [4.78, 5) is 9.94. The number of hydrogen-bond acceptors (Lipinski definition) is 6. The molecule has 0 bridgehead atoms. The molecule has 1 fully saturated rings. The van der Waals surface area contributed by atoms with Crippen LogP contribution in [-0.4, -0.2) is 31.0 Å². The third-order valence-electron chi connectivity index (χ3n) is 3.88. The normalized spacial score (nSPS) is 15.8. The van der Waals surface area contributed by atoms with Crippen LogP contribution in [0.1, 0.15) is 30.6 Å². The van der Waals surface area contributed by atoms with Gasteiger partial charge in [-0.1, -0.05) is 24.1 Å². The molecule has 1 N–H and O–H groups in total. The molecule has 21 heavy (non-hydrogen) atoms. The Labute approximate surface area is 126 Å². The standard InChI is InChI=1S/C14H16N6S/c1-2-5-10(4-1)17-13-12-14(16-9-15-13)20(19-18-12)8-11-6-3-7-21-11/h3,6-7,9-10H,1-2,4-5,8H2,(H,15,16,17). The van der Waals surface area contributed by atoms with Crippen molar-refractivity contribution in [2.24, 2.45) is 0 Å². The van der Waals surface area contributed by atoms with Crippen LogP contribution >= 0.6 is 11.3 Å². The summed E-state index contributed by atoms with van der Waals surface area (Å²) in [5.41, 5.74) is 1.56. The zero-order valence-electron chi connectivity index (χ0n) is 11.6. The van der Waals surface area contributed by atoms with Gasteiger partial charge in [0.25, 0.3) is 0 Å². The lowest BCUT2D eigenvalue weighted by atomic mass is 10.2. The largest absolute Gasteiger partial charge is 0.365 e. The van der Waals surface area contributed by atoms with Gasteiger partial charge in [0.15, 0.2) is 17.0 Å². The second-order valence-electron chi connectivity index (χ2n) is 5.35. The summed E-state index contributed by atoms with van der Waals surface area (Å²) in [5, 5.41) is 14.1. The third kappa shape index (κ3) is 2.49. The zero-order chi connectivity index (χ0) is 14.1. The topological polar surface area (TPSA) is 68.5 Å². The van der Waals surface area contributed by atoms with Gasteiger partial charge in [0, 0.05) is 10.9 Å². The lowest BCUT2D eigenvalue weighted by molar-refractivity contribution is 0.670. The van der Waals surface area contributed by atoms with Crippen molar-refractivity contribution in [2.75, 3.05) is 5.32 Å². The van der Waals surface area contributed by atoms with Gasteiger partial charge in [0.2, 0.25) is 0 Å². The summed E-state index contributed by atoms with van der Waals surface area (Å²) >= 11 is 1.71. The van der Waals surface area contributed by atoms with Gasteiger partial charge in [-0.05, 0) is 24.3 Å². The van der Waals surface area contributed by atoms with Crippen molar-refractivity contribution in [3.05, 3.63) is 28.7 Å². The van der Waals surface area contributed by atoms with Gasteiger partial charge in [0.1, 0.15) is 6.33 Å². The Kier molecular flexibility index (Phi) is 3.27. The van der Waals surface area contributed by atoms with Crippen molar-refractivity contribution in [1.29, 1.82) is 0 Å². The first-order valence-electron chi connectivity index (χ1n) is 7.23. The Hall–Kier alpha value is -2.02. The van der Waals surface area contributed by atoms with E-state index in [1.54, 1.807) is 17.7 Å². The molecule has 0 spiro atoms. The van der Waals surface area contributed by atoms with Crippen LogP contribution in [0.5, 0.6) is 0 Å². The van der Waals surface area contributed by atoms with Crippen molar-refractivity contribution in [2.45, 2.75) is 38.3 Å². The van der Waals surface area contributed by atoms with Gasteiger partial charge >= 0.3 is 0 Å². The number of thiophene rings is 1. The predicted octanol–water partition coefficient (Wildman–Crippen LogP) is 2.69. The molecule has 1 aliphatic rings. The first-order chi connectivity index (χ1) is 10.4. The molecule has 1 aliphatic carbocycles. The molecular weight excluding hydrogens is 284 g/mol. The number of nitrogens with one attached hydrogen (secondary N) is 1. The quantitative estimate of drug-likeness (QED) is 0.802. The van der Waals surface area contributed by atoms with E-state index >= 15 is 0 Å². The van der Waals surface area contributed by atoms with Crippen LogP contribution in [0, 0.1) is 0 Å². The van der Waals surface area contributed by atoms with E-state index < -0.39 is 0 Å². The number of hydrogen-bond donors (Lipinski definition) is 1. The second-order valence-corrected chi connectivity index (χ2v) is 6.38. The van der Waals surface area contributed by atoms with E-state index in [1.807, 2.05) is 10.7 Å². The maximum atomic E-state index is 4.35. The molecular formula is C14H16N6S. The zero-order valence-corrected chi connectivity index (χ0v) is 12.4. The Balaban J connectivity index is 1.65. The van der Waals surface area contributed by atoms with Crippen LogP contribution in [0.3, 0.4) is 0 Å².